The normalized spacial score (nSPS) is 13.3. The van der Waals surface area contributed by atoms with Crippen LogP contribution in [-0.2, 0) is 14.3 Å². The zero-order valence-corrected chi connectivity index (χ0v) is 13.1. The summed E-state index contributed by atoms with van der Waals surface area (Å²) in [5.41, 5.74) is 0.857. The lowest BCUT2D eigenvalue weighted by molar-refractivity contribution is -0.143. The van der Waals surface area contributed by atoms with Crippen molar-refractivity contribution >= 4 is 17.7 Å². The first-order chi connectivity index (χ1) is 10.1. The van der Waals surface area contributed by atoms with Gasteiger partial charge in [0.2, 0.25) is 0 Å². The van der Waals surface area contributed by atoms with Crippen molar-refractivity contribution in [3.05, 3.63) is 60.2 Å². The summed E-state index contributed by atoms with van der Waals surface area (Å²) in [5, 5.41) is 0. The van der Waals surface area contributed by atoms with E-state index in [0.717, 1.165) is 11.3 Å². The van der Waals surface area contributed by atoms with E-state index < -0.39 is 4.75 Å². The summed E-state index contributed by atoms with van der Waals surface area (Å²) in [6, 6.07) is 17.1. The lowest BCUT2D eigenvalue weighted by Crippen LogP contribution is -2.29. The molecule has 0 aliphatic heterocycles. The summed E-state index contributed by atoms with van der Waals surface area (Å²) in [5.74, 6) is 1.19. The Balaban J connectivity index is 2.31. The molecule has 0 fully saturated rings. The van der Waals surface area contributed by atoms with Crippen molar-refractivity contribution in [1.82, 2.24) is 0 Å². The first kappa shape index (κ1) is 15.4. The summed E-state index contributed by atoms with van der Waals surface area (Å²) in [7, 11) is 1.40. The molecule has 0 N–H and O–H groups in total. The van der Waals surface area contributed by atoms with Crippen LogP contribution in [0.25, 0.3) is 0 Å². The van der Waals surface area contributed by atoms with Crippen molar-refractivity contribution < 1.29 is 14.3 Å². The van der Waals surface area contributed by atoms with Gasteiger partial charge in [0.25, 0.3) is 0 Å². The minimum Gasteiger partial charge on any atom is -0.468 e. The third-order valence-electron chi connectivity index (χ3n) is 3.35. The van der Waals surface area contributed by atoms with Crippen LogP contribution in [0.4, 0.5) is 0 Å². The first-order valence-electron chi connectivity index (χ1n) is 6.57. The molecule has 2 aromatic rings. The molecule has 0 aliphatic carbocycles. The number of hydrogen-bond acceptors (Lipinski definition) is 4. The van der Waals surface area contributed by atoms with Crippen LogP contribution < -0.4 is 4.74 Å². The SMILES string of the molecule is COC(=O)C(C)(SC)c1cccc(Oc2ccccc2)c1. The summed E-state index contributed by atoms with van der Waals surface area (Å²) >= 11 is 1.44. The van der Waals surface area contributed by atoms with Gasteiger partial charge in [-0.2, -0.15) is 0 Å². The molecule has 21 heavy (non-hydrogen) atoms. The van der Waals surface area contributed by atoms with E-state index >= 15 is 0 Å². The third kappa shape index (κ3) is 3.39. The number of esters is 1. The van der Waals surface area contributed by atoms with Gasteiger partial charge in [0.05, 0.1) is 7.11 Å². The van der Waals surface area contributed by atoms with Gasteiger partial charge in [-0.1, -0.05) is 30.3 Å². The van der Waals surface area contributed by atoms with Crippen molar-refractivity contribution in [3.8, 4) is 11.5 Å². The summed E-state index contributed by atoms with van der Waals surface area (Å²) < 4.78 is 9.98. The molecule has 0 aliphatic rings. The molecule has 0 radical (unpaired) electrons. The Hall–Kier alpha value is -1.94. The molecule has 0 saturated heterocycles. The van der Waals surface area contributed by atoms with Crippen molar-refractivity contribution in [2.45, 2.75) is 11.7 Å². The van der Waals surface area contributed by atoms with Crippen molar-refractivity contribution in [2.24, 2.45) is 0 Å². The van der Waals surface area contributed by atoms with E-state index in [2.05, 4.69) is 0 Å². The molecule has 3 nitrogen and oxygen atoms in total. The summed E-state index contributed by atoms with van der Waals surface area (Å²) in [6.45, 7) is 1.85. The Kier molecular flexibility index (Phi) is 4.91. The van der Waals surface area contributed by atoms with Gasteiger partial charge in [0, 0.05) is 0 Å². The van der Waals surface area contributed by atoms with Crippen molar-refractivity contribution in [2.75, 3.05) is 13.4 Å². The number of methoxy groups -OCH3 is 1. The Morgan fingerprint density at radius 1 is 1.05 bits per heavy atom. The second kappa shape index (κ2) is 6.68. The second-order valence-corrected chi connectivity index (χ2v) is 5.90. The van der Waals surface area contributed by atoms with Crippen LogP contribution in [0.2, 0.25) is 0 Å². The molecule has 0 saturated carbocycles. The van der Waals surface area contributed by atoms with E-state index in [1.54, 1.807) is 0 Å². The van der Waals surface area contributed by atoms with Gasteiger partial charge in [-0.05, 0) is 43.0 Å². The van der Waals surface area contributed by atoms with Crippen LogP contribution in [0.15, 0.2) is 54.6 Å². The Morgan fingerprint density at radius 3 is 2.33 bits per heavy atom. The maximum absolute atomic E-state index is 12.1. The van der Waals surface area contributed by atoms with E-state index in [1.807, 2.05) is 67.8 Å². The molecule has 1 unspecified atom stereocenters. The fraction of sp³-hybridized carbons (Fsp3) is 0.235. The van der Waals surface area contributed by atoms with Gasteiger partial charge in [0.15, 0.2) is 0 Å². The lowest BCUT2D eigenvalue weighted by atomic mass is 10.00. The van der Waals surface area contributed by atoms with Gasteiger partial charge < -0.3 is 9.47 Å². The van der Waals surface area contributed by atoms with Crippen LogP contribution in [0, 0.1) is 0 Å². The lowest BCUT2D eigenvalue weighted by Gasteiger charge is -2.25. The highest BCUT2D eigenvalue weighted by molar-refractivity contribution is 8.00. The number of carbonyl (C=O) groups is 1. The molecular weight excluding hydrogens is 284 g/mol. The zero-order valence-electron chi connectivity index (χ0n) is 12.3. The number of hydrogen-bond donors (Lipinski definition) is 0. The number of carbonyl (C=O) groups excluding carboxylic acids is 1. The number of thioether (sulfide) groups is 1. The summed E-state index contributed by atoms with van der Waals surface area (Å²) in [6.07, 6.45) is 1.89. The predicted octanol–water partition coefficient (Wildman–Crippen LogP) is 4.23. The molecule has 2 rings (SSSR count). The minimum absolute atomic E-state index is 0.271. The van der Waals surface area contributed by atoms with Gasteiger partial charge in [-0.15, -0.1) is 11.8 Å². The number of ether oxygens (including phenoxy) is 2. The van der Waals surface area contributed by atoms with Gasteiger partial charge in [0.1, 0.15) is 16.2 Å². The van der Waals surface area contributed by atoms with Crippen LogP contribution in [0.3, 0.4) is 0 Å². The van der Waals surface area contributed by atoms with E-state index in [0.29, 0.717) is 5.75 Å². The average Bonchev–Trinajstić information content (AvgIpc) is 2.54. The molecule has 2 aromatic carbocycles. The van der Waals surface area contributed by atoms with Crippen LogP contribution in [-0.4, -0.2) is 19.3 Å². The first-order valence-corrected chi connectivity index (χ1v) is 7.79. The van der Waals surface area contributed by atoms with Gasteiger partial charge >= 0.3 is 5.97 Å². The van der Waals surface area contributed by atoms with E-state index in [-0.39, 0.29) is 5.97 Å². The van der Waals surface area contributed by atoms with Crippen LogP contribution >= 0.6 is 11.8 Å². The third-order valence-corrected chi connectivity index (χ3v) is 4.57. The molecule has 110 valence electrons. The van der Waals surface area contributed by atoms with Crippen LogP contribution in [0.1, 0.15) is 12.5 Å². The smallest absolute Gasteiger partial charge is 0.326 e. The summed E-state index contributed by atoms with van der Waals surface area (Å²) in [4.78, 5) is 12.1. The Bertz CT molecular complexity index is 612. The van der Waals surface area contributed by atoms with Gasteiger partial charge in [-0.25, -0.2) is 0 Å². The number of rotatable bonds is 5. The van der Waals surface area contributed by atoms with Crippen LogP contribution in [0.5, 0.6) is 11.5 Å². The topological polar surface area (TPSA) is 35.5 Å². The second-order valence-electron chi connectivity index (χ2n) is 4.67. The average molecular weight is 302 g/mol. The molecule has 4 heteroatoms. The van der Waals surface area contributed by atoms with E-state index in [9.17, 15) is 4.79 Å². The minimum atomic E-state index is -0.745. The quantitative estimate of drug-likeness (QED) is 0.774. The van der Waals surface area contributed by atoms with Crippen molar-refractivity contribution in [1.29, 1.82) is 0 Å². The van der Waals surface area contributed by atoms with E-state index in [4.69, 9.17) is 9.47 Å². The highest BCUT2D eigenvalue weighted by Gasteiger charge is 2.35. The highest BCUT2D eigenvalue weighted by atomic mass is 32.2. The number of para-hydroxylation sites is 1. The molecular formula is C17H18O3S. The fourth-order valence-electron chi connectivity index (χ4n) is 1.99. The van der Waals surface area contributed by atoms with Gasteiger partial charge in [-0.3, -0.25) is 4.79 Å². The fourth-order valence-corrected chi connectivity index (χ4v) is 2.61. The molecule has 0 spiro atoms. The molecule has 0 aromatic heterocycles. The predicted molar refractivity (Wildman–Crippen MR) is 85.8 cm³/mol. The Morgan fingerprint density at radius 2 is 1.71 bits per heavy atom. The molecule has 0 heterocycles. The molecule has 1 atom stereocenters. The highest BCUT2D eigenvalue weighted by Crippen LogP contribution is 2.37. The maximum atomic E-state index is 12.1. The zero-order chi connectivity index (χ0) is 15.3. The monoisotopic (exact) mass is 302 g/mol. The standard InChI is InChI=1S/C17H18O3S/c1-17(21-3,16(18)19-2)13-8-7-11-15(12-13)20-14-9-5-4-6-10-14/h4-12H,1-3H3. The van der Waals surface area contributed by atoms with E-state index in [1.165, 1.54) is 18.9 Å². The maximum Gasteiger partial charge on any atom is 0.326 e. The van der Waals surface area contributed by atoms with Crippen molar-refractivity contribution in [3.63, 3.8) is 0 Å². The molecule has 0 bridgehead atoms. The Labute approximate surface area is 129 Å². The number of benzene rings is 2. The largest absolute Gasteiger partial charge is 0.468 e. The molecule has 0 amide bonds.